The number of halogens is 1. The molecule has 2 aromatic carbocycles. The highest BCUT2D eigenvalue weighted by atomic mass is 35.5. The molecule has 5 nitrogen and oxygen atoms in total. The van der Waals surface area contributed by atoms with E-state index in [0.717, 1.165) is 25.7 Å². The van der Waals surface area contributed by atoms with Crippen LogP contribution in [0.4, 0.5) is 5.69 Å². The monoisotopic (exact) mass is 432 g/mol. The molecule has 0 aromatic heterocycles. The predicted molar refractivity (Wildman–Crippen MR) is 117 cm³/mol. The number of anilines is 1. The molecule has 2 aromatic rings. The van der Waals surface area contributed by atoms with Crippen LogP contribution in [0.3, 0.4) is 0 Å². The Morgan fingerprint density at radius 2 is 1.72 bits per heavy atom. The third-order valence-electron chi connectivity index (χ3n) is 4.97. The van der Waals surface area contributed by atoms with E-state index in [-0.39, 0.29) is 17.3 Å². The van der Waals surface area contributed by atoms with Crippen LogP contribution < -0.4 is 4.31 Å². The summed E-state index contributed by atoms with van der Waals surface area (Å²) in [5, 5.41) is 0.523. The highest BCUT2D eigenvalue weighted by Gasteiger charge is 2.26. The molecule has 1 saturated heterocycles. The Morgan fingerprint density at radius 1 is 1.07 bits per heavy atom. The van der Waals surface area contributed by atoms with Crippen molar-refractivity contribution in [3.8, 4) is 0 Å². The molecule has 1 fully saturated rings. The third-order valence-corrected chi connectivity index (χ3v) is 7.01. The maximum Gasteiger partial charge on any atom is 0.264 e. The lowest BCUT2D eigenvalue weighted by molar-refractivity contribution is 0.0761. The van der Waals surface area contributed by atoms with Crippen LogP contribution in [-0.2, 0) is 10.0 Å². The van der Waals surface area contributed by atoms with Gasteiger partial charge in [0.15, 0.2) is 0 Å². The number of rotatable bonds is 6. The molecule has 7 heteroatoms. The minimum Gasteiger partial charge on any atom is -0.339 e. The topological polar surface area (TPSA) is 57.7 Å². The second-order valence-electron chi connectivity index (χ2n) is 7.04. The van der Waals surface area contributed by atoms with Crippen molar-refractivity contribution in [1.82, 2.24) is 4.90 Å². The molecular formula is C22H25ClN2O3S. The van der Waals surface area contributed by atoms with Gasteiger partial charge in [0.1, 0.15) is 0 Å². The highest BCUT2D eigenvalue weighted by molar-refractivity contribution is 7.92. The lowest BCUT2D eigenvalue weighted by atomic mass is 10.2. The number of likely N-dealkylation sites (tertiary alicyclic amines) is 1. The Morgan fingerprint density at radius 3 is 2.34 bits per heavy atom. The quantitative estimate of drug-likeness (QED) is 0.619. The summed E-state index contributed by atoms with van der Waals surface area (Å²) in [5.41, 5.74) is 0.876. The standard InChI is InChI=1S/C22H25ClN2O3S/c1-2-14-25(20-12-10-19(23)11-13-20)29(27,28)21-9-7-8-18(17-21)22(26)24-15-5-3-4-6-16-24/h2,7-13,17H,1,3-6,14-16H2. The van der Waals surface area contributed by atoms with Gasteiger partial charge in [-0.1, -0.05) is 36.6 Å². The van der Waals surface area contributed by atoms with E-state index < -0.39 is 10.0 Å². The van der Waals surface area contributed by atoms with Crippen molar-refractivity contribution in [2.75, 3.05) is 23.9 Å². The number of sulfonamides is 1. The molecule has 1 aliphatic heterocycles. The fourth-order valence-corrected chi connectivity index (χ4v) is 5.05. The van der Waals surface area contributed by atoms with E-state index in [1.165, 1.54) is 22.5 Å². The molecule has 0 bridgehead atoms. The minimum atomic E-state index is -3.87. The SMILES string of the molecule is C=CCN(c1ccc(Cl)cc1)S(=O)(=O)c1cccc(C(=O)N2CCCCCC2)c1. The number of benzene rings is 2. The van der Waals surface area contributed by atoms with Crippen LogP contribution in [0.1, 0.15) is 36.0 Å². The average Bonchev–Trinajstić information content (AvgIpc) is 3.02. The van der Waals surface area contributed by atoms with E-state index in [1.807, 2.05) is 4.90 Å². The molecule has 0 radical (unpaired) electrons. The van der Waals surface area contributed by atoms with Crippen molar-refractivity contribution in [3.63, 3.8) is 0 Å². The normalized spacial score (nSPS) is 14.9. The number of nitrogens with zero attached hydrogens (tertiary/aromatic N) is 2. The van der Waals surface area contributed by atoms with E-state index in [0.29, 0.717) is 29.4 Å². The fraction of sp³-hybridized carbons (Fsp3) is 0.318. The van der Waals surface area contributed by atoms with Crippen LogP contribution in [0.15, 0.2) is 66.1 Å². The zero-order chi connectivity index (χ0) is 20.9. The molecule has 0 aliphatic carbocycles. The van der Waals surface area contributed by atoms with Crippen molar-refractivity contribution < 1.29 is 13.2 Å². The Labute approximate surface area is 177 Å². The molecule has 1 aliphatic rings. The van der Waals surface area contributed by atoms with Gasteiger partial charge >= 0.3 is 0 Å². The Kier molecular flexibility index (Phi) is 6.98. The van der Waals surface area contributed by atoms with Crippen molar-refractivity contribution in [1.29, 1.82) is 0 Å². The number of carbonyl (C=O) groups is 1. The smallest absolute Gasteiger partial charge is 0.264 e. The lowest BCUT2D eigenvalue weighted by Crippen LogP contribution is -2.33. The first-order valence-corrected chi connectivity index (χ1v) is 11.5. The molecule has 1 amide bonds. The molecular weight excluding hydrogens is 408 g/mol. The summed E-state index contributed by atoms with van der Waals surface area (Å²) in [6, 6.07) is 12.8. The van der Waals surface area contributed by atoms with Gasteiger partial charge in [0.05, 0.1) is 17.1 Å². The fourth-order valence-electron chi connectivity index (χ4n) is 3.44. The summed E-state index contributed by atoms with van der Waals surface area (Å²) < 4.78 is 27.9. The second-order valence-corrected chi connectivity index (χ2v) is 9.33. The van der Waals surface area contributed by atoms with Crippen LogP contribution in [-0.4, -0.2) is 38.9 Å². The van der Waals surface area contributed by atoms with Crippen LogP contribution in [0, 0.1) is 0 Å². The number of amides is 1. The largest absolute Gasteiger partial charge is 0.339 e. The van der Waals surface area contributed by atoms with E-state index in [4.69, 9.17) is 11.6 Å². The lowest BCUT2D eigenvalue weighted by Gasteiger charge is -2.24. The van der Waals surface area contributed by atoms with Crippen molar-refractivity contribution >= 4 is 33.2 Å². The van der Waals surface area contributed by atoms with E-state index in [2.05, 4.69) is 6.58 Å². The third kappa shape index (κ3) is 5.00. The summed E-state index contributed by atoms with van der Waals surface area (Å²) in [7, 11) is -3.87. The first kappa shape index (κ1) is 21.4. The van der Waals surface area contributed by atoms with E-state index in [9.17, 15) is 13.2 Å². The predicted octanol–water partition coefficient (Wildman–Crippen LogP) is 4.74. The minimum absolute atomic E-state index is 0.0787. The molecule has 0 spiro atoms. The summed E-state index contributed by atoms with van der Waals surface area (Å²) in [6.07, 6.45) is 5.73. The van der Waals surface area contributed by atoms with Gasteiger partial charge in [-0.25, -0.2) is 8.42 Å². The summed E-state index contributed by atoms with van der Waals surface area (Å²) in [5.74, 6) is -0.120. The van der Waals surface area contributed by atoms with Gasteiger partial charge in [-0.2, -0.15) is 0 Å². The van der Waals surface area contributed by atoms with Crippen LogP contribution >= 0.6 is 11.6 Å². The Balaban J connectivity index is 1.93. The van der Waals surface area contributed by atoms with Crippen molar-refractivity contribution in [3.05, 3.63) is 71.8 Å². The Hall–Kier alpha value is -2.31. The summed E-state index contributed by atoms with van der Waals surface area (Å²) >= 11 is 5.94. The molecule has 154 valence electrons. The van der Waals surface area contributed by atoms with E-state index in [1.54, 1.807) is 36.4 Å². The molecule has 1 heterocycles. The second kappa shape index (κ2) is 9.46. The zero-order valence-corrected chi connectivity index (χ0v) is 17.8. The molecule has 3 rings (SSSR count). The van der Waals surface area contributed by atoms with Crippen LogP contribution in [0.2, 0.25) is 5.02 Å². The van der Waals surface area contributed by atoms with Gasteiger partial charge < -0.3 is 4.90 Å². The molecule has 0 N–H and O–H groups in total. The first-order valence-electron chi connectivity index (χ1n) is 9.72. The molecule has 0 saturated carbocycles. The average molecular weight is 433 g/mol. The Bertz CT molecular complexity index is 966. The molecule has 0 unspecified atom stereocenters. The summed E-state index contributed by atoms with van der Waals surface area (Å²) in [6.45, 7) is 5.20. The van der Waals surface area contributed by atoms with Crippen LogP contribution in [0.5, 0.6) is 0 Å². The number of hydrogen-bond acceptors (Lipinski definition) is 3. The maximum absolute atomic E-state index is 13.3. The zero-order valence-electron chi connectivity index (χ0n) is 16.3. The molecule has 0 atom stereocenters. The van der Waals surface area contributed by atoms with Gasteiger partial charge in [0.2, 0.25) is 0 Å². The van der Waals surface area contributed by atoms with Gasteiger partial charge in [0.25, 0.3) is 15.9 Å². The maximum atomic E-state index is 13.3. The van der Waals surface area contributed by atoms with Gasteiger partial charge in [-0.15, -0.1) is 6.58 Å². The van der Waals surface area contributed by atoms with Crippen molar-refractivity contribution in [2.24, 2.45) is 0 Å². The van der Waals surface area contributed by atoms with Gasteiger partial charge in [0, 0.05) is 23.7 Å². The first-order chi connectivity index (χ1) is 13.9. The van der Waals surface area contributed by atoms with Gasteiger partial charge in [-0.05, 0) is 55.3 Å². The molecule has 29 heavy (non-hydrogen) atoms. The number of hydrogen-bond donors (Lipinski definition) is 0. The summed E-state index contributed by atoms with van der Waals surface area (Å²) in [4.78, 5) is 14.8. The van der Waals surface area contributed by atoms with Crippen LogP contribution in [0.25, 0.3) is 0 Å². The van der Waals surface area contributed by atoms with Crippen molar-refractivity contribution in [2.45, 2.75) is 30.6 Å². The number of carbonyl (C=O) groups excluding carboxylic acids is 1. The highest BCUT2D eigenvalue weighted by Crippen LogP contribution is 2.26. The van der Waals surface area contributed by atoms with E-state index >= 15 is 0 Å². The van der Waals surface area contributed by atoms with Gasteiger partial charge in [-0.3, -0.25) is 9.10 Å².